The average molecular weight is 429 g/mol. The smallest absolute Gasteiger partial charge is 0.410 e. The molecule has 0 spiro atoms. The van der Waals surface area contributed by atoms with E-state index in [1.165, 1.54) is 16.7 Å². The molecule has 0 radical (unpaired) electrons. The van der Waals surface area contributed by atoms with Crippen LogP contribution in [0, 0.1) is 5.92 Å². The third kappa shape index (κ3) is 6.77. The van der Waals surface area contributed by atoms with E-state index in [-0.39, 0.29) is 24.3 Å². The van der Waals surface area contributed by atoms with Crippen molar-refractivity contribution < 1.29 is 24.2 Å². The third-order valence-electron chi connectivity index (χ3n) is 4.45. The Balaban J connectivity index is 1.88. The van der Waals surface area contributed by atoms with Crippen molar-refractivity contribution in [2.75, 3.05) is 19.6 Å². The van der Waals surface area contributed by atoms with Gasteiger partial charge in [0.05, 0.1) is 4.91 Å². The third-order valence-corrected chi connectivity index (χ3v) is 5.88. The van der Waals surface area contributed by atoms with Gasteiger partial charge in [-0.05, 0) is 52.4 Å². The number of thiocarbonyl (C=S) groups is 1. The summed E-state index contributed by atoms with van der Waals surface area (Å²) in [5.74, 6) is -0.759. The zero-order valence-corrected chi connectivity index (χ0v) is 18.2. The number of carboxylic acids is 1. The molecule has 0 aromatic carbocycles. The van der Waals surface area contributed by atoms with Crippen LogP contribution >= 0.6 is 24.0 Å². The fourth-order valence-electron chi connectivity index (χ4n) is 3.14. The summed E-state index contributed by atoms with van der Waals surface area (Å²) in [4.78, 5) is 39.2. The average Bonchev–Trinajstić information content (AvgIpc) is 2.86. The number of likely N-dealkylation sites (tertiary alicyclic amines) is 1. The molecule has 0 saturated carbocycles. The first kappa shape index (κ1) is 22.7. The molecule has 28 heavy (non-hydrogen) atoms. The zero-order chi connectivity index (χ0) is 20.9. The van der Waals surface area contributed by atoms with Crippen LogP contribution in [0.3, 0.4) is 0 Å². The number of rotatable bonds is 6. The molecule has 2 fully saturated rings. The number of amides is 2. The SMILES string of the molecule is CC(C)(C)OC(=O)N1CCCC(C/C=C2/SC(=S)N(CCCC(=O)O)C2=O)C1. The fraction of sp³-hybridized carbons (Fsp3) is 0.684. The van der Waals surface area contributed by atoms with Crippen LogP contribution in [0.25, 0.3) is 0 Å². The van der Waals surface area contributed by atoms with Crippen molar-refractivity contribution in [1.82, 2.24) is 9.80 Å². The zero-order valence-electron chi connectivity index (χ0n) is 16.6. The Hall–Kier alpha value is -1.61. The Bertz CT molecular complexity index is 672. The highest BCUT2D eigenvalue weighted by Gasteiger charge is 2.32. The summed E-state index contributed by atoms with van der Waals surface area (Å²) >= 11 is 6.52. The molecule has 0 aromatic rings. The normalized spacial score (nSPS) is 22.1. The van der Waals surface area contributed by atoms with Crippen molar-refractivity contribution >= 4 is 46.3 Å². The van der Waals surface area contributed by atoms with Gasteiger partial charge >= 0.3 is 12.1 Å². The predicted octanol–water partition coefficient (Wildman–Crippen LogP) is 3.63. The van der Waals surface area contributed by atoms with Crippen molar-refractivity contribution in [1.29, 1.82) is 0 Å². The molecule has 2 heterocycles. The summed E-state index contributed by atoms with van der Waals surface area (Å²) in [7, 11) is 0. The van der Waals surface area contributed by atoms with E-state index >= 15 is 0 Å². The van der Waals surface area contributed by atoms with E-state index in [0.717, 1.165) is 12.8 Å². The number of ether oxygens (including phenoxy) is 1. The summed E-state index contributed by atoms with van der Waals surface area (Å²) in [6, 6.07) is 0. The van der Waals surface area contributed by atoms with E-state index in [2.05, 4.69) is 0 Å². The van der Waals surface area contributed by atoms with Crippen molar-refractivity contribution in [2.24, 2.45) is 5.92 Å². The van der Waals surface area contributed by atoms with Crippen LogP contribution in [0.5, 0.6) is 0 Å². The van der Waals surface area contributed by atoms with Crippen molar-refractivity contribution in [3.05, 3.63) is 11.0 Å². The Labute approximate surface area is 175 Å². The maximum absolute atomic E-state index is 12.5. The Morgan fingerprint density at radius 3 is 2.75 bits per heavy atom. The van der Waals surface area contributed by atoms with Crippen molar-refractivity contribution in [3.63, 3.8) is 0 Å². The van der Waals surface area contributed by atoms with Gasteiger partial charge in [-0.25, -0.2) is 4.79 Å². The van der Waals surface area contributed by atoms with E-state index in [1.807, 2.05) is 26.8 Å². The molecule has 1 unspecified atom stereocenters. The Kier molecular flexibility index (Phi) is 7.88. The second-order valence-corrected chi connectivity index (χ2v) is 9.74. The standard InChI is InChI=1S/C19H28N2O5S2/c1-19(2,3)26-17(25)20-10-4-6-13(12-20)8-9-14-16(24)21(18(27)28-14)11-5-7-15(22)23/h9,13H,4-8,10-12H2,1-3H3,(H,22,23)/b14-9+. The molecule has 2 aliphatic heterocycles. The molecule has 7 nitrogen and oxygen atoms in total. The van der Waals surface area contributed by atoms with Gasteiger partial charge in [-0.1, -0.05) is 30.1 Å². The van der Waals surface area contributed by atoms with Crippen molar-refractivity contribution in [2.45, 2.75) is 58.5 Å². The summed E-state index contributed by atoms with van der Waals surface area (Å²) in [5, 5.41) is 8.73. The first-order chi connectivity index (χ1) is 13.1. The molecule has 2 aliphatic rings. The molecule has 0 aromatic heterocycles. The number of nitrogens with zero attached hydrogens (tertiary/aromatic N) is 2. The number of carbonyl (C=O) groups is 3. The van der Waals surface area contributed by atoms with E-state index < -0.39 is 11.6 Å². The lowest BCUT2D eigenvalue weighted by molar-refractivity contribution is -0.137. The van der Waals surface area contributed by atoms with Crippen LogP contribution in [0.4, 0.5) is 4.79 Å². The van der Waals surface area contributed by atoms with E-state index in [4.69, 9.17) is 22.1 Å². The summed E-state index contributed by atoms with van der Waals surface area (Å²) in [5.41, 5.74) is -0.515. The number of aliphatic carboxylic acids is 1. The fourth-order valence-corrected chi connectivity index (χ4v) is 4.44. The van der Waals surface area contributed by atoms with Gasteiger partial charge in [-0.3, -0.25) is 14.5 Å². The molecular formula is C19H28N2O5S2. The highest BCUT2D eigenvalue weighted by Crippen LogP contribution is 2.33. The van der Waals surface area contributed by atoms with Gasteiger partial charge < -0.3 is 14.7 Å². The second kappa shape index (κ2) is 9.73. The first-order valence-corrected chi connectivity index (χ1v) is 10.7. The lowest BCUT2D eigenvalue weighted by Crippen LogP contribution is -2.42. The number of carboxylic acid groups (broad SMARTS) is 1. The monoisotopic (exact) mass is 428 g/mol. The number of allylic oxidation sites excluding steroid dienone is 1. The predicted molar refractivity (Wildman–Crippen MR) is 112 cm³/mol. The molecule has 2 amide bonds. The molecule has 2 saturated heterocycles. The van der Waals surface area contributed by atoms with Gasteiger partial charge in [-0.2, -0.15) is 0 Å². The van der Waals surface area contributed by atoms with Gasteiger partial charge in [0.15, 0.2) is 0 Å². The topological polar surface area (TPSA) is 87.2 Å². The number of thioether (sulfide) groups is 1. The minimum Gasteiger partial charge on any atom is -0.481 e. The van der Waals surface area contributed by atoms with Gasteiger partial charge in [0.25, 0.3) is 5.91 Å². The van der Waals surface area contributed by atoms with Crippen LogP contribution < -0.4 is 0 Å². The van der Waals surface area contributed by atoms with Crippen molar-refractivity contribution in [3.8, 4) is 0 Å². The second-order valence-electron chi connectivity index (χ2n) is 8.06. The Morgan fingerprint density at radius 1 is 1.39 bits per heavy atom. The van der Waals surface area contributed by atoms with Crippen LogP contribution in [0.1, 0.15) is 52.9 Å². The molecule has 9 heteroatoms. The number of hydrogen-bond donors (Lipinski definition) is 1. The number of piperidine rings is 1. The molecule has 1 atom stereocenters. The van der Waals surface area contributed by atoms with Crippen LogP contribution in [0.2, 0.25) is 0 Å². The largest absolute Gasteiger partial charge is 0.481 e. The van der Waals surface area contributed by atoms with E-state index in [1.54, 1.807) is 4.90 Å². The minimum absolute atomic E-state index is 0.0126. The van der Waals surface area contributed by atoms with Gasteiger partial charge in [0.2, 0.25) is 0 Å². The molecule has 2 rings (SSSR count). The highest BCUT2D eigenvalue weighted by atomic mass is 32.2. The summed E-state index contributed by atoms with van der Waals surface area (Å²) in [6.07, 6.45) is 4.60. The molecule has 156 valence electrons. The summed E-state index contributed by atoms with van der Waals surface area (Å²) < 4.78 is 5.92. The Morgan fingerprint density at radius 2 is 2.11 bits per heavy atom. The molecule has 0 aliphatic carbocycles. The highest BCUT2D eigenvalue weighted by molar-refractivity contribution is 8.26. The van der Waals surface area contributed by atoms with E-state index in [9.17, 15) is 14.4 Å². The minimum atomic E-state index is -0.882. The van der Waals surface area contributed by atoms with Crippen LogP contribution in [0.15, 0.2) is 11.0 Å². The maximum atomic E-state index is 12.5. The molecule has 1 N–H and O–H groups in total. The van der Waals surface area contributed by atoms with Gasteiger partial charge in [-0.15, -0.1) is 0 Å². The van der Waals surface area contributed by atoms with Gasteiger partial charge in [0, 0.05) is 26.1 Å². The van der Waals surface area contributed by atoms with Crippen LogP contribution in [-0.2, 0) is 14.3 Å². The maximum Gasteiger partial charge on any atom is 0.410 e. The summed E-state index contributed by atoms with van der Waals surface area (Å²) in [6.45, 7) is 7.19. The lowest BCUT2D eigenvalue weighted by atomic mass is 9.95. The molecule has 0 bridgehead atoms. The first-order valence-electron chi connectivity index (χ1n) is 9.50. The van der Waals surface area contributed by atoms with Gasteiger partial charge in [0.1, 0.15) is 9.92 Å². The van der Waals surface area contributed by atoms with Crippen LogP contribution in [-0.4, -0.2) is 62.4 Å². The number of carbonyl (C=O) groups excluding carboxylic acids is 2. The lowest BCUT2D eigenvalue weighted by Gasteiger charge is -2.33. The van der Waals surface area contributed by atoms with E-state index in [0.29, 0.717) is 41.7 Å². The quantitative estimate of drug-likeness (QED) is 0.510. The molecular weight excluding hydrogens is 400 g/mol. The number of hydrogen-bond acceptors (Lipinski definition) is 6.